The zero-order valence-electron chi connectivity index (χ0n) is 15.7. The van der Waals surface area contributed by atoms with Crippen LogP contribution in [0, 0.1) is 11.6 Å². The summed E-state index contributed by atoms with van der Waals surface area (Å²) >= 11 is 0. The molecule has 3 rings (SSSR count). The van der Waals surface area contributed by atoms with Gasteiger partial charge in [-0.05, 0) is 18.2 Å². The Kier molecular flexibility index (Phi) is 6.09. The number of hydrogen-bond acceptors (Lipinski definition) is 3. The van der Waals surface area contributed by atoms with Gasteiger partial charge in [-0.2, -0.15) is 13.2 Å². The normalized spacial score (nSPS) is 11.4. The smallest absolute Gasteiger partial charge is 0.418 e. The van der Waals surface area contributed by atoms with E-state index in [1.54, 1.807) is 30.3 Å². The molecule has 0 aliphatic heterocycles. The molecule has 0 radical (unpaired) electrons. The maximum Gasteiger partial charge on any atom is 0.418 e. The van der Waals surface area contributed by atoms with Crippen molar-refractivity contribution >= 4 is 5.97 Å². The standard InChI is InChI=1S/C21H16F5NO3/c1-2-19(28)30-14-10-16(22)20(17(23)11-14)29-12-18-15(21(24,25)26)8-9-27(18)13-6-4-3-5-7-13/h3-11H,2,12H2,1H3. The molecule has 1 aromatic heterocycles. The van der Waals surface area contributed by atoms with Crippen molar-refractivity contribution in [2.45, 2.75) is 26.1 Å². The monoisotopic (exact) mass is 425 g/mol. The molecule has 158 valence electrons. The molecular formula is C21H16F5NO3. The average Bonchev–Trinajstić information content (AvgIpc) is 3.12. The van der Waals surface area contributed by atoms with Crippen LogP contribution in [0.5, 0.6) is 11.5 Å². The number of para-hydroxylation sites is 1. The van der Waals surface area contributed by atoms with E-state index in [1.807, 2.05) is 0 Å². The minimum atomic E-state index is -4.69. The molecule has 0 aliphatic carbocycles. The number of halogens is 5. The molecule has 0 saturated carbocycles. The quantitative estimate of drug-likeness (QED) is 0.290. The molecule has 0 atom stereocenters. The van der Waals surface area contributed by atoms with Crippen LogP contribution in [0.3, 0.4) is 0 Å². The van der Waals surface area contributed by atoms with Crippen LogP contribution in [-0.4, -0.2) is 10.5 Å². The second-order valence-electron chi connectivity index (χ2n) is 6.21. The predicted octanol–water partition coefficient (Wildman–Crippen LogP) is 5.67. The minimum Gasteiger partial charge on any atom is -0.481 e. The van der Waals surface area contributed by atoms with Gasteiger partial charge in [-0.1, -0.05) is 25.1 Å². The summed E-state index contributed by atoms with van der Waals surface area (Å²) in [6, 6.07) is 10.5. The van der Waals surface area contributed by atoms with Crippen molar-refractivity contribution in [3.8, 4) is 17.2 Å². The highest BCUT2D eigenvalue weighted by Gasteiger charge is 2.36. The van der Waals surface area contributed by atoms with Gasteiger partial charge in [-0.3, -0.25) is 4.79 Å². The number of carbonyl (C=O) groups excluding carboxylic acids is 1. The Morgan fingerprint density at radius 1 is 1.03 bits per heavy atom. The van der Waals surface area contributed by atoms with Crippen LogP contribution in [0.25, 0.3) is 5.69 Å². The van der Waals surface area contributed by atoms with Crippen molar-refractivity contribution in [3.63, 3.8) is 0 Å². The van der Waals surface area contributed by atoms with Crippen molar-refractivity contribution in [1.29, 1.82) is 0 Å². The zero-order valence-corrected chi connectivity index (χ0v) is 15.7. The molecule has 0 aliphatic rings. The van der Waals surface area contributed by atoms with E-state index < -0.39 is 41.7 Å². The van der Waals surface area contributed by atoms with Crippen LogP contribution in [0.15, 0.2) is 54.7 Å². The molecule has 0 fully saturated rings. The first-order chi connectivity index (χ1) is 14.2. The maximum absolute atomic E-state index is 14.3. The number of aromatic nitrogens is 1. The first-order valence-electron chi connectivity index (χ1n) is 8.86. The number of rotatable bonds is 6. The summed E-state index contributed by atoms with van der Waals surface area (Å²) in [5.41, 5.74) is -0.885. The van der Waals surface area contributed by atoms with Crippen LogP contribution < -0.4 is 9.47 Å². The van der Waals surface area contributed by atoms with E-state index >= 15 is 0 Å². The van der Waals surface area contributed by atoms with Gasteiger partial charge in [0.1, 0.15) is 12.4 Å². The van der Waals surface area contributed by atoms with Gasteiger partial charge in [-0.15, -0.1) is 0 Å². The molecule has 30 heavy (non-hydrogen) atoms. The van der Waals surface area contributed by atoms with E-state index in [9.17, 15) is 26.7 Å². The fourth-order valence-corrected chi connectivity index (χ4v) is 2.78. The van der Waals surface area contributed by atoms with Crippen molar-refractivity contribution in [3.05, 3.63) is 77.6 Å². The Balaban J connectivity index is 1.92. The summed E-state index contributed by atoms with van der Waals surface area (Å²) in [6.45, 7) is 0.755. The third kappa shape index (κ3) is 4.61. The fraction of sp³-hybridized carbons (Fsp3) is 0.190. The van der Waals surface area contributed by atoms with Gasteiger partial charge in [0.15, 0.2) is 17.4 Å². The number of carbonyl (C=O) groups is 1. The summed E-state index contributed by atoms with van der Waals surface area (Å²) in [7, 11) is 0. The molecule has 1 heterocycles. The molecule has 0 bridgehead atoms. The predicted molar refractivity (Wildman–Crippen MR) is 97.4 cm³/mol. The summed E-state index contributed by atoms with van der Waals surface area (Å²) in [6.07, 6.45) is -3.48. The largest absolute Gasteiger partial charge is 0.481 e. The molecule has 0 saturated heterocycles. The van der Waals surface area contributed by atoms with Crippen molar-refractivity contribution < 1.29 is 36.2 Å². The number of benzene rings is 2. The Labute approximate surface area is 168 Å². The molecule has 9 heteroatoms. The Bertz CT molecular complexity index is 1020. The number of nitrogens with zero attached hydrogens (tertiary/aromatic N) is 1. The number of alkyl halides is 3. The highest BCUT2D eigenvalue weighted by Crippen LogP contribution is 2.35. The highest BCUT2D eigenvalue weighted by atomic mass is 19.4. The number of ether oxygens (including phenoxy) is 2. The number of esters is 1. The Morgan fingerprint density at radius 2 is 1.67 bits per heavy atom. The van der Waals surface area contributed by atoms with Gasteiger partial charge < -0.3 is 14.0 Å². The average molecular weight is 425 g/mol. The Morgan fingerprint density at radius 3 is 2.23 bits per heavy atom. The van der Waals surface area contributed by atoms with Crippen molar-refractivity contribution in [1.82, 2.24) is 4.57 Å². The lowest BCUT2D eigenvalue weighted by molar-refractivity contribution is -0.138. The SMILES string of the molecule is CCC(=O)Oc1cc(F)c(OCc2c(C(F)(F)F)ccn2-c2ccccc2)c(F)c1. The second kappa shape index (κ2) is 8.56. The first kappa shape index (κ1) is 21.4. The van der Waals surface area contributed by atoms with Crippen LogP contribution in [-0.2, 0) is 17.6 Å². The summed E-state index contributed by atoms with van der Waals surface area (Å²) < 4.78 is 79.8. The van der Waals surface area contributed by atoms with Crippen LogP contribution >= 0.6 is 0 Å². The van der Waals surface area contributed by atoms with Gasteiger partial charge in [0, 0.05) is 30.4 Å². The van der Waals surface area contributed by atoms with E-state index in [2.05, 4.69) is 0 Å². The molecule has 2 aromatic carbocycles. The van der Waals surface area contributed by atoms with Crippen LogP contribution in [0.1, 0.15) is 24.6 Å². The summed E-state index contributed by atoms with van der Waals surface area (Å²) in [5.74, 6) is -4.35. The fourth-order valence-electron chi connectivity index (χ4n) is 2.78. The van der Waals surface area contributed by atoms with E-state index in [1.165, 1.54) is 17.7 Å². The molecule has 0 unspecified atom stereocenters. The van der Waals surface area contributed by atoms with Gasteiger partial charge in [0.25, 0.3) is 0 Å². The molecule has 4 nitrogen and oxygen atoms in total. The third-order valence-electron chi connectivity index (χ3n) is 4.18. The molecule has 3 aromatic rings. The maximum atomic E-state index is 14.3. The first-order valence-corrected chi connectivity index (χ1v) is 8.86. The second-order valence-corrected chi connectivity index (χ2v) is 6.21. The van der Waals surface area contributed by atoms with Crippen molar-refractivity contribution in [2.75, 3.05) is 0 Å². The van der Waals surface area contributed by atoms with Crippen LogP contribution in [0.4, 0.5) is 22.0 Å². The minimum absolute atomic E-state index is 0.00180. The van der Waals surface area contributed by atoms with Gasteiger partial charge in [0.05, 0.1) is 11.3 Å². The zero-order chi connectivity index (χ0) is 21.9. The lowest BCUT2D eigenvalue weighted by atomic mass is 10.2. The van der Waals surface area contributed by atoms with E-state index in [0.29, 0.717) is 5.69 Å². The van der Waals surface area contributed by atoms with E-state index in [0.717, 1.165) is 18.2 Å². The highest BCUT2D eigenvalue weighted by molar-refractivity contribution is 5.72. The van der Waals surface area contributed by atoms with Gasteiger partial charge in [0.2, 0.25) is 0 Å². The molecule has 0 spiro atoms. The summed E-state index contributed by atoms with van der Waals surface area (Å²) in [5, 5.41) is 0. The van der Waals surface area contributed by atoms with Gasteiger partial charge in [-0.25, -0.2) is 8.78 Å². The summed E-state index contributed by atoms with van der Waals surface area (Å²) in [4.78, 5) is 11.3. The lowest BCUT2D eigenvalue weighted by Gasteiger charge is -2.15. The third-order valence-corrected chi connectivity index (χ3v) is 4.18. The van der Waals surface area contributed by atoms with E-state index in [4.69, 9.17) is 9.47 Å². The molecule has 0 N–H and O–H groups in total. The topological polar surface area (TPSA) is 40.5 Å². The number of hydrogen-bond donors (Lipinski definition) is 0. The molecular weight excluding hydrogens is 409 g/mol. The lowest BCUT2D eigenvalue weighted by Crippen LogP contribution is -2.13. The molecule has 0 amide bonds. The van der Waals surface area contributed by atoms with Gasteiger partial charge >= 0.3 is 12.1 Å². The van der Waals surface area contributed by atoms with Crippen molar-refractivity contribution in [2.24, 2.45) is 0 Å². The van der Waals surface area contributed by atoms with Crippen LogP contribution in [0.2, 0.25) is 0 Å². The van der Waals surface area contributed by atoms with E-state index in [-0.39, 0.29) is 17.9 Å². The Hall–Kier alpha value is -3.36.